The van der Waals surface area contributed by atoms with E-state index in [2.05, 4.69) is 30.3 Å². The molecule has 0 saturated heterocycles. The SMILES string of the molecule is COc1ccc(C[NH+]2CC=C(c3ccc(F)cc3)CC2)cc1OCc1ccccc1. The zero-order valence-electron chi connectivity index (χ0n) is 17.2. The quantitative estimate of drug-likeness (QED) is 0.635. The fourth-order valence-corrected chi connectivity index (χ4v) is 3.84. The van der Waals surface area contributed by atoms with Crippen molar-refractivity contribution in [3.8, 4) is 11.5 Å². The smallest absolute Gasteiger partial charge is 0.162 e. The first-order valence-corrected chi connectivity index (χ1v) is 10.3. The Morgan fingerprint density at radius 3 is 2.40 bits per heavy atom. The molecule has 1 aliphatic rings. The lowest BCUT2D eigenvalue weighted by molar-refractivity contribution is -0.908. The summed E-state index contributed by atoms with van der Waals surface area (Å²) in [6.45, 7) is 3.45. The van der Waals surface area contributed by atoms with Crippen LogP contribution in [0.2, 0.25) is 0 Å². The lowest BCUT2D eigenvalue weighted by Crippen LogP contribution is -3.11. The average Bonchev–Trinajstić information content (AvgIpc) is 2.80. The number of benzene rings is 3. The molecule has 1 unspecified atom stereocenters. The molecule has 4 rings (SSSR count). The van der Waals surface area contributed by atoms with Gasteiger partial charge in [-0.25, -0.2) is 4.39 Å². The van der Waals surface area contributed by atoms with Gasteiger partial charge in [-0.2, -0.15) is 0 Å². The molecule has 3 aromatic carbocycles. The lowest BCUT2D eigenvalue weighted by Gasteiger charge is -2.24. The van der Waals surface area contributed by atoms with E-state index in [0.29, 0.717) is 6.61 Å². The topological polar surface area (TPSA) is 22.9 Å². The molecule has 0 bridgehead atoms. The second-order valence-electron chi connectivity index (χ2n) is 7.63. The molecule has 3 aromatic rings. The molecule has 0 saturated carbocycles. The molecular weight excluding hydrogens is 377 g/mol. The van der Waals surface area contributed by atoms with Crippen molar-refractivity contribution in [3.63, 3.8) is 0 Å². The number of methoxy groups -OCH3 is 1. The van der Waals surface area contributed by atoms with Crippen molar-refractivity contribution >= 4 is 5.57 Å². The first-order valence-electron chi connectivity index (χ1n) is 10.3. The van der Waals surface area contributed by atoms with Gasteiger partial charge in [0.2, 0.25) is 0 Å². The van der Waals surface area contributed by atoms with Crippen LogP contribution in [-0.4, -0.2) is 20.2 Å². The van der Waals surface area contributed by atoms with E-state index >= 15 is 0 Å². The molecule has 4 heteroatoms. The van der Waals surface area contributed by atoms with E-state index in [-0.39, 0.29) is 5.82 Å². The Hall–Kier alpha value is -3.11. The van der Waals surface area contributed by atoms with Crippen LogP contribution in [0, 0.1) is 5.82 Å². The van der Waals surface area contributed by atoms with Crippen LogP contribution in [0.5, 0.6) is 11.5 Å². The van der Waals surface area contributed by atoms with Crippen LogP contribution < -0.4 is 14.4 Å². The molecule has 0 radical (unpaired) electrons. The minimum atomic E-state index is -0.188. The second kappa shape index (κ2) is 9.59. The summed E-state index contributed by atoms with van der Waals surface area (Å²) < 4.78 is 24.7. The third-order valence-electron chi connectivity index (χ3n) is 5.52. The van der Waals surface area contributed by atoms with Crippen molar-refractivity contribution in [1.82, 2.24) is 0 Å². The Bertz CT molecular complexity index is 999. The number of rotatable bonds is 7. The summed E-state index contributed by atoms with van der Waals surface area (Å²) in [5, 5.41) is 0. The van der Waals surface area contributed by atoms with Gasteiger partial charge in [0.05, 0.1) is 20.2 Å². The van der Waals surface area contributed by atoms with E-state index in [4.69, 9.17) is 9.47 Å². The molecule has 1 N–H and O–H groups in total. The number of hydrogen-bond donors (Lipinski definition) is 1. The Morgan fingerprint density at radius 2 is 1.70 bits per heavy atom. The van der Waals surface area contributed by atoms with E-state index in [1.165, 1.54) is 28.2 Å². The van der Waals surface area contributed by atoms with E-state index in [9.17, 15) is 4.39 Å². The summed E-state index contributed by atoms with van der Waals surface area (Å²) in [5.74, 6) is 1.34. The molecule has 1 atom stereocenters. The Kier molecular flexibility index (Phi) is 6.45. The molecule has 154 valence electrons. The minimum Gasteiger partial charge on any atom is -0.493 e. The average molecular weight is 405 g/mol. The fraction of sp³-hybridized carbons (Fsp3) is 0.231. The Balaban J connectivity index is 1.40. The van der Waals surface area contributed by atoms with Gasteiger partial charge in [-0.15, -0.1) is 0 Å². The van der Waals surface area contributed by atoms with Crippen molar-refractivity contribution in [1.29, 1.82) is 0 Å². The highest BCUT2D eigenvalue weighted by molar-refractivity contribution is 5.65. The van der Waals surface area contributed by atoms with Gasteiger partial charge in [-0.1, -0.05) is 42.5 Å². The fourth-order valence-electron chi connectivity index (χ4n) is 3.84. The van der Waals surface area contributed by atoms with Gasteiger partial charge in [0.1, 0.15) is 19.0 Å². The predicted octanol–water partition coefficient (Wildman–Crippen LogP) is 4.29. The van der Waals surface area contributed by atoms with Crippen molar-refractivity contribution in [3.05, 3.63) is 101 Å². The highest BCUT2D eigenvalue weighted by Gasteiger charge is 2.17. The highest BCUT2D eigenvalue weighted by atomic mass is 19.1. The normalized spacial score (nSPS) is 16.1. The maximum atomic E-state index is 13.2. The second-order valence-corrected chi connectivity index (χ2v) is 7.63. The number of nitrogens with one attached hydrogen (secondary N) is 1. The van der Waals surface area contributed by atoms with Crippen LogP contribution in [0.25, 0.3) is 5.57 Å². The van der Waals surface area contributed by atoms with Crippen LogP contribution in [0.1, 0.15) is 23.1 Å². The molecule has 1 heterocycles. The zero-order chi connectivity index (χ0) is 20.8. The van der Waals surface area contributed by atoms with Gasteiger partial charge in [-0.05, 0) is 53.1 Å². The molecule has 0 spiro atoms. The van der Waals surface area contributed by atoms with E-state index < -0.39 is 0 Å². The lowest BCUT2D eigenvalue weighted by atomic mass is 9.99. The first kappa shape index (κ1) is 20.2. The van der Waals surface area contributed by atoms with E-state index in [1.54, 1.807) is 7.11 Å². The van der Waals surface area contributed by atoms with Crippen molar-refractivity contribution in [2.75, 3.05) is 20.2 Å². The van der Waals surface area contributed by atoms with Crippen LogP contribution in [0.4, 0.5) is 4.39 Å². The van der Waals surface area contributed by atoms with Gasteiger partial charge < -0.3 is 14.4 Å². The molecule has 1 aliphatic heterocycles. The van der Waals surface area contributed by atoms with Crippen molar-refractivity contribution in [2.24, 2.45) is 0 Å². The molecule has 30 heavy (non-hydrogen) atoms. The zero-order valence-corrected chi connectivity index (χ0v) is 17.2. The summed E-state index contributed by atoms with van der Waals surface area (Å²) >= 11 is 0. The largest absolute Gasteiger partial charge is 0.493 e. The van der Waals surface area contributed by atoms with Crippen LogP contribution >= 0.6 is 0 Å². The molecule has 0 aliphatic carbocycles. The number of ether oxygens (including phenoxy) is 2. The summed E-state index contributed by atoms with van der Waals surface area (Å²) in [7, 11) is 1.67. The predicted molar refractivity (Wildman–Crippen MR) is 117 cm³/mol. The molecular formula is C26H27FNO2+. The first-order chi connectivity index (χ1) is 14.7. The van der Waals surface area contributed by atoms with Crippen LogP contribution in [0.15, 0.2) is 78.9 Å². The van der Waals surface area contributed by atoms with Gasteiger partial charge in [0.15, 0.2) is 11.5 Å². The number of halogens is 1. The number of quaternary nitrogens is 1. The Morgan fingerprint density at radius 1 is 0.900 bits per heavy atom. The van der Waals surface area contributed by atoms with Crippen molar-refractivity contribution < 1.29 is 18.8 Å². The monoisotopic (exact) mass is 404 g/mol. The van der Waals surface area contributed by atoms with Gasteiger partial charge in [-0.3, -0.25) is 0 Å². The van der Waals surface area contributed by atoms with E-state index in [0.717, 1.165) is 48.7 Å². The molecule has 0 fully saturated rings. The van der Waals surface area contributed by atoms with Gasteiger partial charge in [0, 0.05) is 12.0 Å². The van der Waals surface area contributed by atoms with Crippen LogP contribution in [0.3, 0.4) is 0 Å². The Labute approximate surface area is 177 Å². The summed E-state index contributed by atoms with van der Waals surface area (Å²) in [4.78, 5) is 1.50. The van der Waals surface area contributed by atoms with E-state index in [1.807, 2.05) is 36.4 Å². The third kappa shape index (κ3) is 5.08. The maximum Gasteiger partial charge on any atom is 0.162 e. The molecule has 0 amide bonds. The van der Waals surface area contributed by atoms with Crippen molar-refractivity contribution in [2.45, 2.75) is 19.6 Å². The standard InChI is InChI=1S/C26H26FNO2/c1-29-25-12-7-21(17-26(25)30-19-20-5-3-2-4-6-20)18-28-15-13-23(14-16-28)22-8-10-24(27)11-9-22/h2-13,17H,14-16,18-19H2,1H3/p+1. The van der Waals surface area contributed by atoms with Crippen LogP contribution in [-0.2, 0) is 13.2 Å². The minimum absolute atomic E-state index is 0.188. The molecule has 3 nitrogen and oxygen atoms in total. The summed E-state index contributed by atoms with van der Waals surface area (Å²) in [6, 6.07) is 23.1. The van der Waals surface area contributed by atoms with Gasteiger partial charge >= 0.3 is 0 Å². The summed E-state index contributed by atoms with van der Waals surface area (Å²) in [6.07, 6.45) is 3.27. The maximum absolute atomic E-state index is 13.2. The third-order valence-corrected chi connectivity index (χ3v) is 5.52. The highest BCUT2D eigenvalue weighted by Crippen LogP contribution is 2.29. The molecule has 0 aromatic heterocycles. The summed E-state index contributed by atoms with van der Waals surface area (Å²) in [5.41, 5.74) is 4.79. The van der Waals surface area contributed by atoms with Gasteiger partial charge in [0.25, 0.3) is 0 Å². The number of hydrogen-bond acceptors (Lipinski definition) is 2.